The van der Waals surface area contributed by atoms with Crippen LogP contribution in [0.1, 0.15) is 41.9 Å². The van der Waals surface area contributed by atoms with Gasteiger partial charge in [-0.3, -0.25) is 4.79 Å². The Hall–Kier alpha value is -1.29. The lowest BCUT2D eigenvalue weighted by molar-refractivity contribution is 0.0610. The third-order valence-electron chi connectivity index (χ3n) is 4.58. The molecule has 1 fully saturated rings. The van der Waals surface area contributed by atoms with E-state index >= 15 is 0 Å². The zero-order valence-corrected chi connectivity index (χ0v) is 12.2. The van der Waals surface area contributed by atoms with E-state index in [4.69, 9.17) is 5.73 Å². The van der Waals surface area contributed by atoms with Crippen LogP contribution >= 0.6 is 0 Å². The van der Waals surface area contributed by atoms with Crippen LogP contribution in [0.4, 0.5) is 0 Å². The zero-order chi connectivity index (χ0) is 14.0. The molecule has 2 rings (SSSR count). The van der Waals surface area contributed by atoms with Crippen molar-refractivity contribution in [3.8, 4) is 0 Å². The van der Waals surface area contributed by atoms with Gasteiger partial charge in [0.25, 0.3) is 5.91 Å². The van der Waals surface area contributed by atoms with E-state index < -0.39 is 0 Å². The Morgan fingerprint density at radius 1 is 1.42 bits per heavy atom. The number of carbonyl (C=O) groups excluding carboxylic acids is 1. The van der Waals surface area contributed by atoms with Gasteiger partial charge in [-0.2, -0.15) is 0 Å². The van der Waals surface area contributed by atoms with Gasteiger partial charge in [-0.05, 0) is 44.4 Å². The number of carbonyl (C=O) groups is 1. The Kier molecular flexibility index (Phi) is 4.30. The van der Waals surface area contributed by atoms with Gasteiger partial charge in [-0.25, -0.2) is 0 Å². The molecule has 0 bridgehead atoms. The molecule has 2 N–H and O–H groups in total. The summed E-state index contributed by atoms with van der Waals surface area (Å²) in [6.45, 7) is 2.69. The van der Waals surface area contributed by atoms with E-state index in [9.17, 15) is 4.79 Å². The smallest absolute Gasteiger partial charge is 0.270 e. The minimum atomic E-state index is 0.112. The molecule has 1 saturated carbocycles. The van der Waals surface area contributed by atoms with Crippen LogP contribution in [0, 0.1) is 12.8 Å². The first-order valence-corrected chi connectivity index (χ1v) is 7.15. The van der Waals surface area contributed by atoms with Crippen molar-refractivity contribution < 1.29 is 4.79 Å². The zero-order valence-electron chi connectivity index (χ0n) is 12.2. The molecule has 4 nitrogen and oxygen atoms in total. The Labute approximate surface area is 115 Å². The summed E-state index contributed by atoms with van der Waals surface area (Å²) in [6, 6.07) is 4.19. The molecule has 1 aliphatic rings. The monoisotopic (exact) mass is 263 g/mol. The molecule has 1 amide bonds. The number of rotatable bonds is 3. The van der Waals surface area contributed by atoms with Gasteiger partial charge in [-0.1, -0.05) is 12.8 Å². The van der Waals surface area contributed by atoms with Crippen molar-refractivity contribution >= 4 is 5.91 Å². The van der Waals surface area contributed by atoms with E-state index in [1.807, 2.05) is 42.6 Å². The fourth-order valence-electron chi connectivity index (χ4n) is 3.13. The lowest BCUT2D eigenvalue weighted by Gasteiger charge is -2.37. The fraction of sp³-hybridized carbons (Fsp3) is 0.667. The van der Waals surface area contributed by atoms with Gasteiger partial charge in [0.15, 0.2) is 0 Å². The molecule has 0 aromatic carbocycles. The minimum absolute atomic E-state index is 0.112. The third kappa shape index (κ3) is 2.68. The lowest BCUT2D eigenvalue weighted by Crippen LogP contribution is -2.46. The molecule has 0 aliphatic heterocycles. The number of aryl methyl sites for hydroxylation is 1. The van der Waals surface area contributed by atoms with Crippen molar-refractivity contribution in [1.29, 1.82) is 0 Å². The largest absolute Gasteiger partial charge is 0.344 e. The van der Waals surface area contributed by atoms with Crippen molar-refractivity contribution in [3.05, 3.63) is 23.5 Å². The van der Waals surface area contributed by atoms with Crippen molar-refractivity contribution in [2.45, 2.75) is 38.6 Å². The molecule has 0 spiro atoms. The van der Waals surface area contributed by atoms with Crippen LogP contribution < -0.4 is 5.73 Å². The average Bonchev–Trinajstić information content (AvgIpc) is 2.77. The summed E-state index contributed by atoms with van der Waals surface area (Å²) >= 11 is 0. The highest BCUT2D eigenvalue weighted by molar-refractivity contribution is 5.93. The van der Waals surface area contributed by atoms with Crippen molar-refractivity contribution in [3.63, 3.8) is 0 Å². The summed E-state index contributed by atoms with van der Waals surface area (Å²) in [5, 5.41) is 0. The van der Waals surface area contributed by atoms with E-state index in [-0.39, 0.29) is 5.91 Å². The number of nitrogens with zero attached hydrogens (tertiary/aromatic N) is 2. The van der Waals surface area contributed by atoms with E-state index in [2.05, 4.69) is 0 Å². The number of hydrogen-bond acceptors (Lipinski definition) is 2. The van der Waals surface area contributed by atoms with Gasteiger partial charge in [0.05, 0.1) is 0 Å². The minimum Gasteiger partial charge on any atom is -0.344 e. The second kappa shape index (κ2) is 5.78. The first kappa shape index (κ1) is 14.1. The second-order valence-corrected chi connectivity index (χ2v) is 5.68. The maximum absolute atomic E-state index is 12.6. The van der Waals surface area contributed by atoms with Gasteiger partial charge in [0.1, 0.15) is 5.69 Å². The van der Waals surface area contributed by atoms with Crippen LogP contribution in [0.3, 0.4) is 0 Å². The fourth-order valence-corrected chi connectivity index (χ4v) is 3.13. The highest BCUT2D eigenvalue weighted by Gasteiger charge is 2.31. The molecule has 0 saturated heterocycles. The number of hydrogen-bond donors (Lipinski definition) is 1. The predicted octanol–water partition coefficient (Wildman–Crippen LogP) is 1.92. The van der Waals surface area contributed by atoms with Gasteiger partial charge < -0.3 is 15.2 Å². The van der Waals surface area contributed by atoms with E-state index in [1.165, 1.54) is 12.8 Å². The summed E-state index contributed by atoms with van der Waals surface area (Å²) in [5.74, 6) is 0.560. The topological polar surface area (TPSA) is 51.3 Å². The van der Waals surface area contributed by atoms with Crippen LogP contribution in [0.25, 0.3) is 0 Å². The third-order valence-corrected chi connectivity index (χ3v) is 4.58. The van der Waals surface area contributed by atoms with Crippen LogP contribution in [-0.2, 0) is 7.05 Å². The first-order chi connectivity index (χ1) is 9.06. The Morgan fingerprint density at radius 2 is 2.11 bits per heavy atom. The summed E-state index contributed by atoms with van der Waals surface area (Å²) in [6.07, 6.45) is 4.66. The van der Waals surface area contributed by atoms with Crippen molar-refractivity contribution in [2.24, 2.45) is 18.7 Å². The van der Waals surface area contributed by atoms with Gasteiger partial charge in [-0.15, -0.1) is 0 Å². The summed E-state index contributed by atoms with van der Waals surface area (Å²) in [5.41, 5.74) is 7.73. The molecular weight excluding hydrogens is 238 g/mol. The molecule has 0 radical (unpaired) electrons. The number of nitrogens with two attached hydrogens (primary N) is 1. The molecule has 1 heterocycles. The quantitative estimate of drug-likeness (QED) is 0.906. The van der Waals surface area contributed by atoms with Crippen LogP contribution in [-0.4, -0.2) is 35.0 Å². The van der Waals surface area contributed by atoms with Crippen molar-refractivity contribution in [2.75, 3.05) is 13.6 Å². The van der Waals surface area contributed by atoms with Crippen LogP contribution in [0.15, 0.2) is 12.1 Å². The molecule has 2 atom stereocenters. The maximum Gasteiger partial charge on any atom is 0.270 e. The SMILES string of the molecule is Cc1ccc(C(=O)N(C)C2CCCCC2CN)n1C. The molecule has 1 aromatic rings. The first-order valence-electron chi connectivity index (χ1n) is 7.15. The number of aromatic nitrogens is 1. The number of amides is 1. The molecule has 2 unspecified atom stereocenters. The maximum atomic E-state index is 12.6. The van der Waals surface area contributed by atoms with Crippen molar-refractivity contribution in [1.82, 2.24) is 9.47 Å². The predicted molar refractivity (Wildman–Crippen MR) is 77.0 cm³/mol. The van der Waals surface area contributed by atoms with Gasteiger partial charge in [0, 0.05) is 25.8 Å². The lowest BCUT2D eigenvalue weighted by atomic mass is 9.83. The summed E-state index contributed by atoms with van der Waals surface area (Å²) < 4.78 is 1.96. The van der Waals surface area contributed by atoms with E-state index in [1.54, 1.807) is 0 Å². The van der Waals surface area contributed by atoms with Gasteiger partial charge >= 0.3 is 0 Å². The molecule has 1 aliphatic carbocycles. The Morgan fingerprint density at radius 3 is 2.68 bits per heavy atom. The van der Waals surface area contributed by atoms with Crippen LogP contribution in [0.2, 0.25) is 0 Å². The van der Waals surface area contributed by atoms with E-state index in [0.29, 0.717) is 18.5 Å². The molecular formula is C15H25N3O. The Balaban J connectivity index is 2.16. The molecule has 1 aromatic heterocycles. The second-order valence-electron chi connectivity index (χ2n) is 5.68. The average molecular weight is 263 g/mol. The standard InChI is InChI=1S/C15H25N3O/c1-11-8-9-14(17(11)2)15(19)18(3)13-7-5-4-6-12(13)10-16/h8-9,12-13H,4-7,10,16H2,1-3H3. The Bertz CT molecular complexity index is 452. The summed E-state index contributed by atoms with van der Waals surface area (Å²) in [7, 11) is 3.86. The van der Waals surface area contributed by atoms with E-state index in [0.717, 1.165) is 24.2 Å². The normalized spacial score (nSPS) is 23.4. The molecule has 4 heteroatoms. The molecule has 106 valence electrons. The highest BCUT2D eigenvalue weighted by atomic mass is 16.2. The summed E-state index contributed by atoms with van der Waals surface area (Å²) in [4.78, 5) is 14.5. The van der Waals surface area contributed by atoms with Crippen LogP contribution in [0.5, 0.6) is 0 Å². The molecule has 19 heavy (non-hydrogen) atoms. The van der Waals surface area contributed by atoms with Gasteiger partial charge in [0.2, 0.25) is 0 Å². The highest BCUT2D eigenvalue weighted by Crippen LogP contribution is 2.28.